The minimum Gasteiger partial charge on any atom is -0.507 e. The van der Waals surface area contributed by atoms with Crippen LogP contribution in [-0.4, -0.2) is 21.0 Å². The molecule has 0 bridgehead atoms. The molecule has 0 amide bonds. The molecule has 21 heavy (non-hydrogen) atoms. The van der Waals surface area contributed by atoms with E-state index in [0.717, 1.165) is 11.3 Å². The lowest BCUT2D eigenvalue weighted by molar-refractivity contribution is 0.474. The summed E-state index contributed by atoms with van der Waals surface area (Å²) in [5.74, 6) is 0.187. The molecule has 0 spiro atoms. The first-order valence-corrected chi connectivity index (χ1v) is 6.84. The van der Waals surface area contributed by atoms with E-state index in [9.17, 15) is 5.11 Å². The van der Waals surface area contributed by atoms with E-state index in [-0.39, 0.29) is 5.75 Å². The Bertz CT molecular complexity index is 834. The van der Waals surface area contributed by atoms with Gasteiger partial charge in [-0.05, 0) is 29.9 Å². The van der Waals surface area contributed by atoms with Gasteiger partial charge in [-0.25, -0.2) is 4.68 Å². The van der Waals surface area contributed by atoms with Gasteiger partial charge in [0, 0.05) is 5.56 Å². The second kappa shape index (κ2) is 5.76. The molecule has 2 aromatic carbocycles. The number of hydrogen-bond acceptors (Lipinski definition) is 3. The Kier molecular flexibility index (Phi) is 3.66. The monoisotopic (exact) mass is 295 g/mol. The van der Waals surface area contributed by atoms with Gasteiger partial charge in [0.15, 0.2) is 4.77 Å². The summed E-state index contributed by atoms with van der Waals surface area (Å²) in [6.45, 7) is 0. The van der Waals surface area contributed by atoms with E-state index >= 15 is 0 Å². The molecule has 1 heterocycles. The number of aromatic nitrogens is 2. The van der Waals surface area contributed by atoms with Gasteiger partial charge in [-0.15, -0.1) is 0 Å². The number of rotatable bonds is 3. The van der Waals surface area contributed by atoms with Crippen molar-refractivity contribution in [3.8, 4) is 17.0 Å². The van der Waals surface area contributed by atoms with Gasteiger partial charge >= 0.3 is 0 Å². The standard InChI is InChI=1S/C16H13N3OS/c20-15-9-5-4-8-13(15)10-17-19-11-14(18-16(19)21)12-6-2-1-3-7-12/h1-11,20H,(H,18,21)/b17-10-. The highest BCUT2D eigenvalue weighted by Crippen LogP contribution is 2.17. The number of nitrogens with one attached hydrogen (secondary N) is 1. The Labute approximate surface area is 127 Å². The van der Waals surface area contributed by atoms with Crippen LogP contribution in [0.2, 0.25) is 0 Å². The fourth-order valence-electron chi connectivity index (χ4n) is 1.96. The van der Waals surface area contributed by atoms with Crippen molar-refractivity contribution in [2.24, 2.45) is 5.10 Å². The minimum atomic E-state index is 0.187. The van der Waals surface area contributed by atoms with Crippen LogP contribution >= 0.6 is 12.2 Å². The molecule has 3 aromatic rings. The molecule has 1 aromatic heterocycles. The van der Waals surface area contributed by atoms with Crippen molar-refractivity contribution in [2.75, 3.05) is 0 Å². The third-order valence-electron chi connectivity index (χ3n) is 3.04. The Morgan fingerprint density at radius 2 is 1.76 bits per heavy atom. The summed E-state index contributed by atoms with van der Waals surface area (Å²) in [7, 11) is 0. The van der Waals surface area contributed by atoms with Gasteiger partial charge in [0.2, 0.25) is 0 Å². The highest BCUT2D eigenvalue weighted by molar-refractivity contribution is 7.71. The second-order valence-electron chi connectivity index (χ2n) is 4.49. The highest BCUT2D eigenvalue weighted by atomic mass is 32.1. The highest BCUT2D eigenvalue weighted by Gasteiger charge is 2.02. The molecular weight excluding hydrogens is 282 g/mol. The summed E-state index contributed by atoms with van der Waals surface area (Å²) < 4.78 is 2.07. The maximum absolute atomic E-state index is 9.71. The van der Waals surface area contributed by atoms with Crippen molar-refractivity contribution in [2.45, 2.75) is 0 Å². The number of H-pyrrole nitrogens is 1. The van der Waals surface area contributed by atoms with E-state index in [2.05, 4.69) is 10.1 Å². The molecule has 0 saturated heterocycles. The Hall–Kier alpha value is -2.66. The number of aromatic hydroxyl groups is 1. The van der Waals surface area contributed by atoms with E-state index < -0.39 is 0 Å². The number of phenolic OH excluding ortho intramolecular Hbond substituents is 1. The molecule has 2 N–H and O–H groups in total. The van der Waals surface area contributed by atoms with E-state index in [4.69, 9.17) is 12.2 Å². The zero-order valence-electron chi connectivity index (χ0n) is 11.1. The molecule has 3 rings (SSSR count). The lowest BCUT2D eigenvalue weighted by Gasteiger charge is -1.97. The predicted octanol–water partition coefficient (Wildman–Crippen LogP) is 3.80. The molecule has 0 unspecified atom stereocenters. The molecule has 0 aliphatic carbocycles. The first-order chi connectivity index (χ1) is 10.2. The minimum absolute atomic E-state index is 0.187. The number of nitrogens with zero attached hydrogens (tertiary/aromatic N) is 2. The van der Waals surface area contributed by atoms with Gasteiger partial charge in [0.25, 0.3) is 0 Å². The number of phenols is 1. The van der Waals surface area contributed by atoms with Crippen molar-refractivity contribution in [1.29, 1.82) is 0 Å². The topological polar surface area (TPSA) is 53.3 Å². The van der Waals surface area contributed by atoms with Crippen LogP contribution in [0, 0.1) is 4.77 Å². The fraction of sp³-hybridized carbons (Fsp3) is 0. The zero-order valence-corrected chi connectivity index (χ0v) is 11.9. The fourth-order valence-corrected chi connectivity index (χ4v) is 2.17. The molecule has 104 valence electrons. The summed E-state index contributed by atoms with van der Waals surface area (Å²) in [6.07, 6.45) is 3.40. The first-order valence-electron chi connectivity index (χ1n) is 6.43. The van der Waals surface area contributed by atoms with Crippen LogP contribution in [0.3, 0.4) is 0 Å². The average molecular weight is 295 g/mol. The zero-order chi connectivity index (χ0) is 14.7. The van der Waals surface area contributed by atoms with Gasteiger partial charge in [0.1, 0.15) is 5.75 Å². The number of aromatic amines is 1. The van der Waals surface area contributed by atoms with Crippen LogP contribution in [-0.2, 0) is 0 Å². The van der Waals surface area contributed by atoms with Crippen LogP contribution in [0.25, 0.3) is 11.3 Å². The van der Waals surface area contributed by atoms with Crippen LogP contribution in [0.15, 0.2) is 65.9 Å². The normalized spacial score (nSPS) is 11.0. The maximum Gasteiger partial charge on any atom is 0.198 e. The maximum atomic E-state index is 9.71. The van der Waals surface area contributed by atoms with Crippen LogP contribution in [0.4, 0.5) is 0 Å². The van der Waals surface area contributed by atoms with Crippen molar-refractivity contribution in [3.05, 3.63) is 71.1 Å². The molecule has 0 atom stereocenters. The van der Waals surface area contributed by atoms with E-state index in [1.54, 1.807) is 29.1 Å². The Balaban J connectivity index is 1.93. The Morgan fingerprint density at radius 3 is 2.52 bits per heavy atom. The van der Waals surface area contributed by atoms with Gasteiger partial charge in [-0.3, -0.25) is 0 Å². The largest absolute Gasteiger partial charge is 0.507 e. The molecule has 0 saturated carbocycles. The number of hydrogen-bond donors (Lipinski definition) is 2. The number of para-hydroxylation sites is 1. The number of imidazole rings is 1. The van der Waals surface area contributed by atoms with Gasteiger partial charge in [-0.1, -0.05) is 42.5 Å². The van der Waals surface area contributed by atoms with E-state index in [1.165, 1.54) is 0 Å². The summed E-state index contributed by atoms with van der Waals surface area (Å²) >= 11 is 5.25. The van der Waals surface area contributed by atoms with Crippen molar-refractivity contribution in [3.63, 3.8) is 0 Å². The van der Waals surface area contributed by atoms with Crippen molar-refractivity contribution >= 4 is 18.4 Å². The smallest absolute Gasteiger partial charge is 0.198 e. The summed E-state index contributed by atoms with van der Waals surface area (Å²) in [6, 6.07) is 16.9. The third kappa shape index (κ3) is 2.93. The molecule has 0 fully saturated rings. The van der Waals surface area contributed by atoms with Crippen LogP contribution < -0.4 is 0 Å². The molecular formula is C16H13N3OS. The summed E-state index contributed by atoms with van der Waals surface area (Å²) in [4.78, 5) is 3.11. The molecule has 0 radical (unpaired) electrons. The SMILES string of the molecule is Oc1ccccc1/C=N\n1cc(-c2ccccc2)[nH]c1=S. The van der Waals surface area contributed by atoms with E-state index in [1.807, 2.05) is 42.6 Å². The van der Waals surface area contributed by atoms with Crippen LogP contribution in [0.5, 0.6) is 5.75 Å². The van der Waals surface area contributed by atoms with E-state index in [0.29, 0.717) is 10.3 Å². The predicted molar refractivity (Wildman–Crippen MR) is 86.2 cm³/mol. The van der Waals surface area contributed by atoms with Gasteiger partial charge < -0.3 is 10.1 Å². The van der Waals surface area contributed by atoms with Crippen molar-refractivity contribution in [1.82, 2.24) is 9.66 Å². The molecule has 5 heteroatoms. The summed E-state index contributed by atoms with van der Waals surface area (Å²) in [5, 5.41) is 14.0. The van der Waals surface area contributed by atoms with Crippen LogP contribution in [0.1, 0.15) is 5.56 Å². The molecule has 0 aliphatic rings. The average Bonchev–Trinajstić information content (AvgIpc) is 2.89. The lowest BCUT2D eigenvalue weighted by atomic mass is 10.2. The second-order valence-corrected chi connectivity index (χ2v) is 4.87. The molecule has 0 aliphatic heterocycles. The quantitative estimate of drug-likeness (QED) is 0.570. The van der Waals surface area contributed by atoms with Crippen molar-refractivity contribution < 1.29 is 5.11 Å². The lowest BCUT2D eigenvalue weighted by Crippen LogP contribution is -1.89. The molecule has 4 nitrogen and oxygen atoms in total. The van der Waals surface area contributed by atoms with Gasteiger partial charge in [0.05, 0.1) is 18.1 Å². The Morgan fingerprint density at radius 1 is 1.05 bits per heavy atom. The third-order valence-corrected chi connectivity index (χ3v) is 3.33. The first kappa shape index (κ1) is 13.3. The summed E-state index contributed by atoms with van der Waals surface area (Å²) in [5.41, 5.74) is 2.58. The van der Waals surface area contributed by atoms with Gasteiger partial charge in [-0.2, -0.15) is 5.10 Å². The number of benzene rings is 2.